The van der Waals surface area contributed by atoms with Crippen molar-refractivity contribution < 1.29 is 26.7 Å². The number of rotatable bonds is 9. The molecule has 0 fully saturated rings. The van der Waals surface area contributed by atoms with Crippen LogP contribution in [0.25, 0.3) is 99.5 Å². The first-order chi connectivity index (χ1) is 59.4. The van der Waals surface area contributed by atoms with Crippen molar-refractivity contribution in [3.05, 3.63) is 420 Å². The normalized spacial score (nSPS) is 16.0. The molecule has 0 radical (unpaired) electrons. The fourth-order valence-electron chi connectivity index (χ4n) is 18.5. The molecule has 22 rings (SSSR count). The zero-order valence-corrected chi connectivity index (χ0v) is 58.3. The summed E-state index contributed by atoms with van der Waals surface area (Å²) in [5.41, 5.74) is 19.5. The van der Waals surface area contributed by atoms with Crippen LogP contribution in [0.2, 0.25) is 0 Å². The number of fused-ring (bicyclic) bond motifs is 16. The lowest BCUT2D eigenvalue weighted by molar-refractivity contribution is 0.483. The van der Waals surface area contributed by atoms with Gasteiger partial charge in [0.25, 0.3) is 6.71 Å². The number of nitrogens with zero attached hydrogens (tertiary/aromatic N) is 3. The Morgan fingerprint density at radius 2 is 0.720 bits per heavy atom. The molecule has 0 bridgehead atoms. The highest BCUT2D eigenvalue weighted by Gasteiger charge is 2.49. The molecule has 4 nitrogen and oxygen atoms in total. The highest BCUT2D eigenvalue weighted by atomic mass is 16.5. The summed E-state index contributed by atoms with van der Waals surface area (Å²) < 4.78 is 160. The number of ether oxygens (including phenoxy) is 1. The minimum absolute atomic E-state index is 0.0597. The highest BCUT2D eigenvalue weighted by Crippen LogP contribution is 2.61. The van der Waals surface area contributed by atoms with Gasteiger partial charge < -0.3 is 18.8 Å². The average Bonchev–Trinajstić information content (AvgIpc) is 1.60. The standard InChI is InChI=1S/C102H70BN3O/c1-100(2,3)71-61-95-98-97(62-71)107-96-64-73(105-92-49-26-20-41-80(92)81-42-21-27-50-93(81)105)54-58-89(96)103(98)88-57-53-72(104-90-47-24-18-39-78(90)79-40-19-25-48-91(79)104)63-94(88)106(95)99-74(65-51-55-86-82(59-65)76-37-16-22-45-84(76)101(86,67-29-8-4-9-30-67)68-31-10-5-11-32-68)43-28-44-75(99)66-52-56-87-83(60-66)77-38-17-23-46-85(77)102(87,69-33-12-6-13-34-69)70-35-14-7-15-36-70/h4-64H,1-3H3/i18D,19D,20D,21D,24D,25D,26D,27D,39D,40D,41D,42D,47D,48D,49D,50D. The minimum atomic E-state index is -0.753. The Morgan fingerprint density at radius 3 is 1.17 bits per heavy atom. The van der Waals surface area contributed by atoms with Crippen LogP contribution in [0.1, 0.15) is 92.8 Å². The van der Waals surface area contributed by atoms with Gasteiger partial charge in [-0.15, -0.1) is 0 Å². The Bertz CT molecular complexity index is 7310. The molecule has 18 aromatic rings. The molecule has 2 aliphatic heterocycles. The number of aromatic nitrogens is 2. The molecule has 0 spiro atoms. The van der Waals surface area contributed by atoms with Crippen LogP contribution in [-0.2, 0) is 16.2 Å². The Balaban J connectivity index is 0.874. The third-order valence-corrected chi connectivity index (χ3v) is 23.0. The van der Waals surface area contributed by atoms with E-state index in [4.69, 9.17) is 13.0 Å². The molecule has 502 valence electrons. The molecule has 5 heteroatoms. The summed E-state index contributed by atoms with van der Waals surface area (Å²) in [6.07, 6.45) is 0. The maximum Gasteiger partial charge on any atom is 0.256 e. The fourth-order valence-corrected chi connectivity index (χ4v) is 18.5. The van der Waals surface area contributed by atoms with Crippen molar-refractivity contribution in [2.75, 3.05) is 4.90 Å². The van der Waals surface area contributed by atoms with Gasteiger partial charge in [0.2, 0.25) is 0 Å². The summed E-state index contributed by atoms with van der Waals surface area (Å²) in [6.45, 7) is 5.64. The summed E-state index contributed by atoms with van der Waals surface area (Å²) in [6, 6.07) is 87.4. The maximum atomic E-state index is 9.91. The van der Waals surface area contributed by atoms with E-state index in [1.54, 1.807) is 16.7 Å². The topological polar surface area (TPSA) is 22.3 Å². The van der Waals surface area contributed by atoms with Crippen LogP contribution < -0.4 is 26.0 Å². The van der Waals surface area contributed by atoms with Crippen LogP contribution in [0, 0.1) is 0 Å². The van der Waals surface area contributed by atoms with Gasteiger partial charge in [-0.1, -0.05) is 318 Å². The van der Waals surface area contributed by atoms with E-state index < -0.39 is 120 Å². The maximum absolute atomic E-state index is 9.91. The third kappa shape index (κ3) is 8.68. The van der Waals surface area contributed by atoms with Gasteiger partial charge in [-0.25, -0.2) is 0 Å². The van der Waals surface area contributed by atoms with Crippen LogP contribution in [0.4, 0.5) is 17.1 Å². The monoisotopic (exact) mass is 1380 g/mol. The van der Waals surface area contributed by atoms with Gasteiger partial charge in [0, 0.05) is 61.5 Å². The fraction of sp³-hybridized carbons (Fsp3) is 0.0588. The van der Waals surface area contributed by atoms with Gasteiger partial charge in [-0.2, -0.15) is 0 Å². The number of hydrogen-bond acceptors (Lipinski definition) is 2. The van der Waals surface area contributed by atoms with E-state index in [0.717, 1.165) is 106 Å². The van der Waals surface area contributed by atoms with Crippen LogP contribution >= 0.6 is 0 Å². The van der Waals surface area contributed by atoms with E-state index in [-0.39, 0.29) is 49.3 Å². The second-order valence-corrected chi connectivity index (χ2v) is 29.3. The largest absolute Gasteiger partial charge is 0.458 e. The van der Waals surface area contributed by atoms with Crippen molar-refractivity contribution in [3.8, 4) is 67.4 Å². The van der Waals surface area contributed by atoms with E-state index in [1.165, 1.54) is 4.57 Å². The molecule has 0 unspecified atom stereocenters. The Kier molecular flexibility index (Phi) is 10.2. The van der Waals surface area contributed by atoms with Crippen molar-refractivity contribution in [3.63, 3.8) is 0 Å². The quantitative estimate of drug-likeness (QED) is 0.134. The van der Waals surface area contributed by atoms with Crippen molar-refractivity contribution >= 4 is 83.8 Å². The lowest BCUT2D eigenvalue weighted by atomic mass is 9.34. The Labute approximate surface area is 645 Å². The van der Waals surface area contributed by atoms with Crippen molar-refractivity contribution in [1.82, 2.24) is 9.13 Å². The summed E-state index contributed by atoms with van der Waals surface area (Å²) in [5, 5.41) is -0.317. The molecule has 4 aliphatic rings. The molecule has 2 aliphatic carbocycles. The SMILES string of the molecule is [2H]c1c([2H])c([2H])c2c(c1[2H])c1c([2H])c([2H])c([2H])c([2H])c1n2-c1ccc2c(c1)Oc1cc(C(C)(C)C)cc3c1B2c1ccc(-n2c4c([2H])c([2H])c([2H])c([2H])c4c4c([2H])c([2H])c([2H])c([2H])c42)cc1N3c1c(-c2ccc3c(c2)-c2ccccc2C3(c2ccccc2)c2ccccc2)cccc1-c1ccc2c(c1)-c1ccccc1C2(c1ccccc1)c1ccccc1. The van der Waals surface area contributed by atoms with E-state index in [0.29, 0.717) is 39.5 Å². The molecular formula is C102H70BN3O. The summed E-state index contributed by atoms with van der Waals surface area (Å²) >= 11 is 0. The molecule has 0 saturated heterocycles. The second-order valence-electron chi connectivity index (χ2n) is 29.3. The van der Waals surface area contributed by atoms with E-state index >= 15 is 0 Å². The minimum Gasteiger partial charge on any atom is -0.458 e. The van der Waals surface area contributed by atoms with Crippen LogP contribution in [-0.4, -0.2) is 15.8 Å². The van der Waals surface area contributed by atoms with Gasteiger partial charge in [-0.3, -0.25) is 0 Å². The third-order valence-electron chi connectivity index (χ3n) is 23.0. The lowest BCUT2D eigenvalue weighted by Crippen LogP contribution is -2.59. The molecule has 0 N–H and O–H groups in total. The molecule has 16 aromatic carbocycles. The van der Waals surface area contributed by atoms with Crippen molar-refractivity contribution in [1.29, 1.82) is 0 Å². The summed E-state index contributed by atoms with van der Waals surface area (Å²) in [5.74, 6) is 0.782. The predicted octanol–water partition coefficient (Wildman–Crippen LogP) is 23.6. The molecular weight excluding hydrogens is 1290 g/mol. The molecule has 0 atom stereocenters. The van der Waals surface area contributed by atoms with Gasteiger partial charge in [0.1, 0.15) is 11.5 Å². The van der Waals surface area contributed by atoms with E-state index in [2.05, 4.69) is 238 Å². The molecule has 0 amide bonds. The van der Waals surface area contributed by atoms with Gasteiger partial charge in [0.15, 0.2) is 0 Å². The van der Waals surface area contributed by atoms with Crippen molar-refractivity contribution in [2.45, 2.75) is 37.0 Å². The number of benzene rings is 16. The first-order valence-corrected chi connectivity index (χ1v) is 36.2. The number of para-hydroxylation sites is 5. The van der Waals surface area contributed by atoms with Crippen molar-refractivity contribution in [2.24, 2.45) is 0 Å². The highest BCUT2D eigenvalue weighted by molar-refractivity contribution is 6.99. The first kappa shape index (κ1) is 47.2. The molecule has 2 aromatic heterocycles. The lowest BCUT2D eigenvalue weighted by Gasteiger charge is -2.42. The Hall–Kier alpha value is -13.2. The average molecular weight is 1380 g/mol. The zero-order valence-electron chi connectivity index (χ0n) is 74.3. The van der Waals surface area contributed by atoms with Gasteiger partial charge in [-0.05, 0) is 172 Å². The van der Waals surface area contributed by atoms with Crippen LogP contribution in [0.5, 0.6) is 11.5 Å². The van der Waals surface area contributed by atoms with E-state index in [1.807, 2.05) is 48.5 Å². The smallest absolute Gasteiger partial charge is 0.256 e. The van der Waals surface area contributed by atoms with Gasteiger partial charge in [0.05, 0.1) is 60.5 Å². The van der Waals surface area contributed by atoms with E-state index in [9.17, 15) is 13.7 Å². The molecule has 4 heterocycles. The number of anilines is 3. The predicted molar refractivity (Wildman–Crippen MR) is 445 cm³/mol. The zero-order chi connectivity index (χ0) is 84.8. The summed E-state index contributed by atoms with van der Waals surface area (Å²) in [4.78, 5) is 2.30. The summed E-state index contributed by atoms with van der Waals surface area (Å²) in [7, 11) is 0. The Morgan fingerprint density at radius 1 is 0.327 bits per heavy atom. The first-order valence-electron chi connectivity index (χ1n) is 44.2. The van der Waals surface area contributed by atoms with Gasteiger partial charge >= 0.3 is 0 Å². The number of hydrogen-bond donors (Lipinski definition) is 0. The second kappa shape index (κ2) is 23.1. The molecule has 0 saturated carbocycles. The molecule has 107 heavy (non-hydrogen) atoms. The van der Waals surface area contributed by atoms with Crippen LogP contribution in [0.15, 0.2) is 370 Å². The van der Waals surface area contributed by atoms with Crippen LogP contribution in [0.3, 0.4) is 0 Å².